The Hall–Kier alpha value is -10.3. The molecule has 24 nitrogen and oxygen atoms in total. The second-order valence-electron chi connectivity index (χ2n) is 14.7. The predicted molar refractivity (Wildman–Crippen MR) is 415 cm³/mol. The van der Waals surface area contributed by atoms with E-state index in [9.17, 15) is 0 Å². The minimum absolute atomic E-state index is 0.711. The van der Waals surface area contributed by atoms with E-state index in [0.29, 0.717) is 5.82 Å². The number of aryl methyl sites for hydroxylation is 11. The van der Waals surface area contributed by atoms with Gasteiger partial charge in [0.25, 0.3) is 0 Å². The van der Waals surface area contributed by atoms with Crippen LogP contribution in [0.4, 0.5) is 0 Å². The van der Waals surface area contributed by atoms with Crippen molar-refractivity contribution in [3.63, 3.8) is 0 Å². The van der Waals surface area contributed by atoms with Gasteiger partial charge in [-0.3, -0.25) is 9.97 Å². The lowest BCUT2D eigenvalue weighted by molar-refractivity contribution is 0.907. The van der Waals surface area contributed by atoms with Gasteiger partial charge in [-0.15, -0.1) is 15.3 Å². The molecule has 0 aliphatic heterocycles. The first-order valence-corrected chi connectivity index (χ1v) is 34.1. The maximum atomic E-state index is 3.92. The van der Waals surface area contributed by atoms with E-state index < -0.39 is 0 Å². The largest absolute Gasteiger partial charge is 0.261 e. The van der Waals surface area contributed by atoms with Crippen LogP contribution in [0.3, 0.4) is 0 Å². The molecule has 0 amide bonds. The van der Waals surface area contributed by atoms with Crippen molar-refractivity contribution >= 4 is 0 Å². The summed E-state index contributed by atoms with van der Waals surface area (Å²) in [6.07, 6.45) is 34.1. The molecule has 24 heteroatoms. The number of rotatable bonds is 0. The fourth-order valence-electron chi connectivity index (χ4n) is 3.97. The Bertz CT molecular complexity index is 2220. The predicted octanol–water partition coefficient (Wildman–Crippen LogP) is 18.7. The summed E-state index contributed by atoms with van der Waals surface area (Å²) in [7, 11) is 0. The molecule has 0 fully saturated rings. The molecular weight excluding hydrogens is 1240 g/mol. The molecule has 0 N–H and O–H groups in total. The van der Waals surface area contributed by atoms with Gasteiger partial charge in [0, 0.05) is 73.9 Å². The van der Waals surface area contributed by atoms with E-state index >= 15 is 0 Å². The van der Waals surface area contributed by atoms with Gasteiger partial charge in [-0.2, -0.15) is 35.7 Å². The van der Waals surface area contributed by atoms with Crippen molar-refractivity contribution in [3.05, 3.63) is 254 Å². The fraction of sp³-hybridized carbons (Fsp3) is 0.440. The van der Waals surface area contributed by atoms with Crippen LogP contribution in [-0.4, -0.2) is 121 Å². The maximum absolute atomic E-state index is 3.92. The van der Waals surface area contributed by atoms with E-state index in [0.717, 1.165) is 51.2 Å². The van der Waals surface area contributed by atoms with Crippen molar-refractivity contribution in [2.75, 3.05) is 0 Å². The average molecular weight is 1370 g/mol. The molecule has 550 valence electrons. The Morgan fingerprint density at radius 3 is 0.879 bits per heavy atom. The summed E-state index contributed by atoms with van der Waals surface area (Å²) in [5.41, 5.74) is 8.25. The molecular formula is C75H130N24. The Morgan fingerprint density at radius 2 is 0.657 bits per heavy atom. The third-order valence-electron chi connectivity index (χ3n) is 7.62. The SMILES string of the molecule is CC.CC.CC.CC.CC.CC.CC.CC.CC.CC.CC.Cc1ccccc1.Cc1cccnn1.Cc1ccncn1.Cc1ccnnc1.Cc1cnccn1.Cc1cncnc1.Cc1cncnn1.Cc1cnncn1.Cc1ncccn1.Cc1nccnn1.Cc1ncncn1. The maximum Gasteiger partial charge on any atom is 0.147 e. The van der Waals surface area contributed by atoms with Crippen LogP contribution < -0.4 is 0 Å². The lowest BCUT2D eigenvalue weighted by Gasteiger charge is -1.82. The monoisotopic (exact) mass is 1370 g/mol. The van der Waals surface area contributed by atoms with Gasteiger partial charge in [0.2, 0.25) is 0 Å². The zero-order valence-corrected chi connectivity index (χ0v) is 67.1. The number of aromatic nitrogens is 24. The normalized spacial score (nSPS) is 7.44. The molecule has 0 radical (unpaired) electrons. The fourth-order valence-corrected chi connectivity index (χ4v) is 3.97. The van der Waals surface area contributed by atoms with Crippen LogP contribution >= 0.6 is 0 Å². The van der Waals surface area contributed by atoms with Crippen LogP contribution in [0.15, 0.2) is 192 Å². The first kappa shape index (κ1) is 113. The highest BCUT2D eigenvalue weighted by atomic mass is 15.1. The van der Waals surface area contributed by atoms with Crippen LogP contribution in [-0.2, 0) is 0 Å². The van der Waals surface area contributed by atoms with E-state index in [2.05, 4.69) is 140 Å². The smallest absolute Gasteiger partial charge is 0.147 e. The Balaban J connectivity index is -0.0000000929. The molecule has 11 aromatic rings. The zero-order valence-electron chi connectivity index (χ0n) is 67.1. The number of nitrogens with zero attached hydrogens (tertiary/aromatic N) is 24. The Labute approximate surface area is 600 Å². The third-order valence-corrected chi connectivity index (χ3v) is 7.62. The van der Waals surface area contributed by atoms with Crippen LogP contribution in [0.1, 0.15) is 215 Å². The van der Waals surface area contributed by atoms with Crippen molar-refractivity contribution in [3.8, 4) is 0 Å². The number of benzene rings is 1. The molecule has 0 unspecified atom stereocenters. The summed E-state index contributed by atoms with van der Waals surface area (Å²) in [6.45, 7) is 65.0. The Kier molecular flexibility index (Phi) is 125. The summed E-state index contributed by atoms with van der Waals surface area (Å²) in [5.74, 6) is 2.29. The molecule has 0 aliphatic carbocycles. The topological polar surface area (TPSA) is 309 Å². The first-order chi connectivity index (χ1) is 48.3. The molecule has 0 bridgehead atoms. The van der Waals surface area contributed by atoms with Crippen molar-refractivity contribution < 1.29 is 0 Å². The quantitative estimate of drug-likeness (QED) is 0.136. The van der Waals surface area contributed by atoms with Crippen molar-refractivity contribution in [2.24, 2.45) is 0 Å². The molecule has 0 aliphatic rings. The van der Waals surface area contributed by atoms with Gasteiger partial charge in [0.15, 0.2) is 0 Å². The summed E-state index contributed by atoms with van der Waals surface area (Å²) in [6, 6.07) is 19.6. The summed E-state index contributed by atoms with van der Waals surface area (Å²) in [4.78, 5) is 53.1. The van der Waals surface area contributed by atoms with Gasteiger partial charge >= 0.3 is 0 Å². The Morgan fingerprint density at radius 1 is 0.182 bits per heavy atom. The second-order valence-corrected chi connectivity index (χ2v) is 14.7. The molecule has 99 heavy (non-hydrogen) atoms. The van der Waals surface area contributed by atoms with Crippen LogP contribution in [0.5, 0.6) is 0 Å². The van der Waals surface area contributed by atoms with Gasteiger partial charge in [0.1, 0.15) is 55.4 Å². The molecule has 0 saturated heterocycles. The lowest BCUT2D eigenvalue weighted by atomic mass is 10.2. The minimum atomic E-state index is 0.711. The van der Waals surface area contributed by atoms with Crippen LogP contribution in [0.25, 0.3) is 0 Å². The standard InChI is InChI=1S/C7H8.6C5H6N2.4C4H5N3.11C2H6/c1-7-5-3-2-4-6-7;1-5-2-6-4-7-3-5;1-5-4-6-2-3-7-5;1-5-2-3-6-4-7-5;1-5-2-3-6-7-4-5;1-5-6-3-2-4-7-5;1-5-3-2-4-6-7-5;1-4-6-2-5-3-7-4;1-4-2-6-7-3-5-4;1-4-2-5-3-6-7-4;1-4-5-2-3-6-7-4;11*1-2/h2-6H,1H3;6*2-4H,1H3;4*2-3H,1H3;11*1-2H3. The number of hydrogen-bond acceptors (Lipinski definition) is 24. The molecule has 10 heterocycles. The number of hydrogen-bond donors (Lipinski definition) is 0. The van der Waals surface area contributed by atoms with E-state index in [1.807, 2.05) is 257 Å². The van der Waals surface area contributed by atoms with Crippen LogP contribution in [0, 0.1) is 76.2 Å². The summed E-state index contributed by atoms with van der Waals surface area (Å²) >= 11 is 0. The minimum Gasteiger partial charge on any atom is -0.261 e. The second kappa shape index (κ2) is 109. The van der Waals surface area contributed by atoms with Gasteiger partial charge < -0.3 is 0 Å². The van der Waals surface area contributed by atoms with E-state index in [1.54, 1.807) is 106 Å². The third kappa shape index (κ3) is 107. The highest BCUT2D eigenvalue weighted by Crippen LogP contribution is 1.92. The summed E-state index contributed by atoms with van der Waals surface area (Å²) in [5, 5.41) is 36.0. The first-order valence-electron chi connectivity index (χ1n) is 34.1. The molecule has 0 atom stereocenters. The lowest BCUT2D eigenvalue weighted by Crippen LogP contribution is -1.85. The van der Waals surface area contributed by atoms with Gasteiger partial charge in [-0.25, -0.2) is 59.8 Å². The van der Waals surface area contributed by atoms with E-state index in [4.69, 9.17) is 0 Å². The summed E-state index contributed by atoms with van der Waals surface area (Å²) < 4.78 is 0. The van der Waals surface area contributed by atoms with Gasteiger partial charge in [-0.05, 0) is 118 Å². The average Bonchev–Trinajstić information content (AvgIpc) is 3.72. The van der Waals surface area contributed by atoms with E-state index in [-0.39, 0.29) is 0 Å². The molecule has 11 rings (SSSR count). The highest BCUT2D eigenvalue weighted by Gasteiger charge is 1.81. The van der Waals surface area contributed by atoms with Gasteiger partial charge in [-0.1, -0.05) is 188 Å². The molecule has 1 aromatic carbocycles. The van der Waals surface area contributed by atoms with E-state index in [1.165, 1.54) is 43.5 Å². The van der Waals surface area contributed by atoms with Crippen LogP contribution in [0.2, 0.25) is 0 Å². The van der Waals surface area contributed by atoms with Crippen molar-refractivity contribution in [1.82, 2.24) is 121 Å². The zero-order chi connectivity index (χ0) is 78.2. The molecule has 0 saturated carbocycles. The molecule has 10 aromatic heterocycles. The van der Waals surface area contributed by atoms with Crippen molar-refractivity contribution in [1.29, 1.82) is 0 Å². The molecule has 0 spiro atoms. The van der Waals surface area contributed by atoms with Gasteiger partial charge in [0.05, 0.1) is 47.6 Å². The highest BCUT2D eigenvalue weighted by molar-refractivity contribution is 5.11. The van der Waals surface area contributed by atoms with Crippen molar-refractivity contribution in [2.45, 2.75) is 228 Å².